The second-order valence-corrected chi connectivity index (χ2v) is 6.42. The summed E-state index contributed by atoms with van der Waals surface area (Å²) in [6.45, 7) is 0. The maximum Gasteiger partial charge on any atom is 0.416 e. The summed E-state index contributed by atoms with van der Waals surface area (Å²) in [6.07, 6.45) is -2.01. The molecule has 0 saturated carbocycles. The van der Waals surface area contributed by atoms with Crippen molar-refractivity contribution in [3.63, 3.8) is 0 Å². The summed E-state index contributed by atoms with van der Waals surface area (Å²) in [5, 5.41) is 13.4. The standard InChI is InChI=1S/C20H16F3N3O/c21-20(22,23)14-7-4-12(5-8-14)16-10-18(25-11-24-16)26-15-3-1-2-13-6-9-17(27)19(13)15/h1-5,7-8,10-11,17,27H,6,9H2,(H,24,25,26). The van der Waals surface area contributed by atoms with Gasteiger partial charge >= 0.3 is 6.18 Å². The van der Waals surface area contributed by atoms with Crippen molar-refractivity contribution in [1.82, 2.24) is 9.97 Å². The normalized spacial score (nSPS) is 16.2. The fraction of sp³-hybridized carbons (Fsp3) is 0.200. The number of alkyl halides is 3. The molecule has 3 aromatic rings. The summed E-state index contributed by atoms with van der Waals surface area (Å²) < 4.78 is 38.1. The van der Waals surface area contributed by atoms with Gasteiger partial charge in [-0.05, 0) is 36.6 Å². The van der Waals surface area contributed by atoms with Crippen LogP contribution in [0.4, 0.5) is 24.7 Å². The molecule has 1 aromatic heterocycles. The molecule has 0 spiro atoms. The second kappa shape index (κ2) is 6.66. The van der Waals surface area contributed by atoms with E-state index in [9.17, 15) is 18.3 Å². The highest BCUT2D eigenvalue weighted by Gasteiger charge is 2.30. The topological polar surface area (TPSA) is 58.0 Å². The van der Waals surface area contributed by atoms with Crippen molar-refractivity contribution in [2.45, 2.75) is 25.1 Å². The van der Waals surface area contributed by atoms with E-state index in [2.05, 4.69) is 15.3 Å². The number of aliphatic hydroxyl groups is 1. The molecule has 1 unspecified atom stereocenters. The molecular weight excluding hydrogens is 355 g/mol. The lowest BCUT2D eigenvalue weighted by atomic mass is 10.1. The highest BCUT2D eigenvalue weighted by atomic mass is 19.4. The number of halogens is 3. The van der Waals surface area contributed by atoms with Crippen molar-refractivity contribution < 1.29 is 18.3 Å². The summed E-state index contributed by atoms with van der Waals surface area (Å²) >= 11 is 0. The van der Waals surface area contributed by atoms with E-state index in [1.807, 2.05) is 18.2 Å². The first-order chi connectivity index (χ1) is 12.9. The summed E-state index contributed by atoms with van der Waals surface area (Å²) in [4.78, 5) is 8.33. The number of nitrogens with one attached hydrogen (secondary N) is 1. The molecule has 1 aliphatic rings. The average Bonchev–Trinajstić information content (AvgIpc) is 3.04. The number of fused-ring (bicyclic) bond motifs is 1. The minimum atomic E-state index is -4.37. The van der Waals surface area contributed by atoms with Crippen LogP contribution in [0.15, 0.2) is 54.9 Å². The number of hydrogen-bond donors (Lipinski definition) is 2. The van der Waals surface area contributed by atoms with Gasteiger partial charge in [-0.25, -0.2) is 9.97 Å². The minimum absolute atomic E-state index is 0.507. The minimum Gasteiger partial charge on any atom is -0.388 e. The lowest BCUT2D eigenvalue weighted by Gasteiger charge is -2.14. The predicted molar refractivity (Wildman–Crippen MR) is 95.5 cm³/mol. The number of nitrogens with zero attached hydrogens (tertiary/aromatic N) is 2. The maximum absolute atomic E-state index is 12.7. The van der Waals surface area contributed by atoms with Gasteiger partial charge in [0.2, 0.25) is 0 Å². The Morgan fingerprint density at radius 1 is 1.04 bits per heavy atom. The van der Waals surface area contributed by atoms with Crippen LogP contribution in [0.25, 0.3) is 11.3 Å². The fourth-order valence-electron chi connectivity index (χ4n) is 3.32. The third-order valence-corrected chi connectivity index (χ3v) is 4.65. The third-order valence-electron chi connectivity index (χ3n) is 4.65. The molecular formula is C20H16F3N3O. The van der Waals surface area contributed by atoms with Gasteiger partial charge in [0.1, 0.15) is 12.1 Å². The lowest BCUT2D eigenvalue weighted by molar-refractivity contribution is -0.137. The Hall–Kier alpha value is -2.93. The van der Waals surface area contributed by atoms with Crippen LogP contribution >= 0.6 is 0 Å². The largest absolute Gasteiger partial charge is 0.416 e. The first-order valence-electron chi connectivity index (χ1n) is 8.48. The second-order valence-electron chi connectivity index (χ2n) is 6.42. The number of anilines is 2. The number of aryl methyl sites for hydroxylation is 1. The molecule has 1 atom stereocenters. The summed E-state index contributed by atoms with van der Waals surface area (Å²) in [7, 11) is 0. The molecule has 138 valence electrons. The van der Waals surface area contributed by atoms with E-state index in [-0.39, 0.29) is 0 Å². The number of aromatic nitrogens is 2. The number of benzene rings is 2. The van der Waals surface area contributed by atoms with Crippen molar-refractivity contribution in [2.75, 3.05) is 5.32 Å². The maximum atomic E-state index is 12.7. The van der Waals surface area contributed by atoms with Crippen LogP contribution in [-0.4, -0.2) is 15.1 Å². The fourth-order valence-corrected chi connectivity index (χ4v) is 3.32. The van der Waals surface area contributed by atoms with Crippen LogP contribution < -0.4 is 5.32 Å². The van der Waals surface area contributed by atoms with Gasteiger partial charge in [0, 0.05) is 22.9 Å². The van der Waals surface area contributed by atoms with Gasteiger partial charge in [-0.3, -0.25) is 0 Å². The Labute approximate surface area is 153 Å². The highest BCUT2D eigenvalue weighted by molar-refractivity contribution is 5.68. The van der Waals surface area contributed by atoms with Gasteiger partial charge < -0.3 is 10.4 Å². The summed E-state index contributed by atoms with van der Waals surface area (Å²) in [6, 6.07) is 12.3. The zero-order valence-electron chi connectivity index (χ0n) is 14.2. The SMILES string of the molecule is OC1CCc2cccc(Nc3cc(-c4ccc(C(F)(F)F)cc4)ncn3)c21. The Kier molecular flexibility index (Phi) is 4.31. The van der Waals surface area contributed by atoms with Crippen molar-refractivity contribution in [1.29, 1.82) is 0 Å². The van der Waals surface area contributed by atoms with Gasteiger partial charge in [-0.2, -0.15) is 13.2 Å². The monoisotopic (exact) mass is 371 g/mol. The van der Waals surface area contributed by atoms with E-state index in [0.717, 1.165) is 35.4 Å². The highest BCUT2D eigenvalue weighted by Crippen LogP contribution is 2.37. The van der Waals surface area contributed by atoms with E-state index >= 15 is 0 Å². The molecule has 1 heterocycles. The molecule has 1 aliphatic carbocycles. The van der Waals surface area contributed by atoms with E-state index in [1.165, 1.54) is 18.5 Å². The van der Waals surface area contributed by atoms with Crippen molar-refractivity contribution in [2.24, 2.45) is 0 Å². The van der Waals surface area contributed by atoms with E-state index < -0.39 is 17.8 Å². The van der Waals surface area contributed by atoms with Crippen molar-refractivity contribution in [3.05, 3.63) is 71.5 Å². The van der Waals surface area contributed by atoms with Gasteiger partial charge in [-0.1, -0.05) is 24.3 Å². The molecule has 0 saturated heterocycles. The number of rotatable bonds is 3. The van der Waals surface area contributed by atoms with Crippen molar-refractivity contribution >= 4 is 11.5 Å². The summed E-state index contributed by atoms with van der Waals surface area (Å²) in [5.41, 5.74) is 3.11. The zero-order valence-corrected chi connectivity index (χ0v) is 14.2. The molecule has 2 N–H and O–H groups in total. The van der Waals surface area contributed by atoms with Crippen molar-refractivity contribution in [3.8, 4) is 11.3 Å². The zero-order chi connectivity index (χ0) is 19.0. The van der Waals surface area contributed by atoms with Gasteiger partial charge in [0.25, 0.3) is 0 Å². The number of aliphatic hydroxyl groups excluding tert-OH is 1. The third kappa shape index (κ3) is 3.50. The van der Waals surface area contributed by atoms with Gasteiger partial charge in [0.15, 0.2) is 0 Å². The number of hydrogen-bond acceptors (Lipinski definition) is 4. The molecule has 0 radical (unpaired) electrons. The van der Waals surface area contributed by atoms with E-state index in [4.69, 9.17) is 0 Å². The quantitative estimate of drug-likeness (QED) is 0.689. The molecule has 0 bridgehead atoms. The molecule has 0 amide bonds. The molecule has 27 heavy (non-hydrogen) atoms. The Balaban J connectivity index is 1.62. The molecule has 0 fully saturated rings. The van der Waals surface area contributed by atoms with E-state index in [0.29, 0.717) is 23.5 Å². The predicted octanol–water partition coefficient (Wildman–Crippen LogP) is 4.89. The van der Waals surface area contributed by atoms with Crippen LogP contribution in [0.1, 0.15) is 29.2 Å². The van der Waals surface area contributed by atoms with Crippen LogP contribution in [0.3, 0.4) is 0 Å². The van der Waals surface area contributed by atoms with E-state index in [1.54, 1.807) is 6.07 Å². The first-order valence-corrected chi connectivity index (χ1v) is 8.48. The van der Waals surface area contributed by atoms with Gasteiger partial charge in [0.05, 0.1) is 17.4 Å². The Bertz CT molecular complexity index is 971. The van der Waals surface area contributed by atoms with Crippen LogP contribution in [-0.2, 0) is 12.6 Å². The lowest BCUT2D eigenvalue weighted by Crippen LogP contribution is -2.04. The molecule has 4 rings (SSSR count). The Morgan fingerprint density at radius 3 is 2.56 bits per heavy atom. The van der Waals surface area contributed by atoms with Crippen LogP contribution in [0.5, 0.6) is 0 Å². The molecule has 7 heteroatoms. The molecule has 4 nitrogen and oxygen atoms in total. The van der Waals surface area contributed by atoms with Gasteiger partial charge in [-0.15, -0.1) is 0 Å². The Morgan fingerprint density at radius 2 is 1.81 bits per heavy atom. The first kappa shape index (κ1) is 17.5. The molecule has 2 aromatic carbocycles. The molecule has 0 aliphatic heterocycles. The van der Waals surface area contributed by atoms with Crippen LogP contribution in [0.2, 0.25) is 0 Å². The smallest absolute Gasteiger partial charge is 0.388 e. The summed E-state index contributed by atoms with van der Waals surface area (Å²) in [5.74, 6) is 0.507. The average molecular weight is 371 g/mol. The van der Waals surface area contributed by atoms with Crippen LogP contribution in [0, 0.1) is 0 Å².